The highest BCUT2D eigenvalue weighted by Crippen LogP contribution is 2.16. The third kappa shape index (κ3) is 4.80. The van der Waals surface area contributed by atoms with Crippen molar-refractivity contribution in [3.63, 3.8) is 0 Å². The number of rotatable bonds is 6. The zero-order valence-corrected chi connectivity index (χ0v) is 13.4. The van der Waals surface area contributed by atoms with Crippen LogP contribution in [0.25, 0.3) is 0 Å². The largest absolute Gasteiger partial charge is 0.387 e. The van der Waals surface area contributed by atoms with Gasteiger partial charge in [-0.05, 0) is 19.4 Å². The monoisotopic (exact) mass is 306 g/mol. The number of aliphatic hydroxyl groups excluding tert-OH is 1. The van der Waals surface area contributed by atoms with Gasteiger partial charge in [0.1, 0.15) is 0 Å². The van der Waals surface area contributed by atoms with E-state index in [9.17, 15) is 9.90 Å². The number of amides is 1. The molecular weight excluding hydrogens is 280 g/mol. The molecule has 1 fully saturated rings. The van der Waals surface area contributed by atoms with Crippen LogP contribution in [0.4, 0.5) is 0 Å². The first kappa shape index (κ1) is 16.9. The smallest absolute Gasteiger partial charge is 0.225 e. The average molecular weight is 306 g/mol. The maximum absolute atomic E-state index is 12.4. The van der Waals surface area contributed by atoms with Crippen molar-refractivity contribution in [1.82, 2.24) is 10.2 Å². The van der Waals surface area contributed by atoms with E-state index in [1.54, 1.807) is 4.90 Å². The molecule has 1 aliphatic rings. The summed E-state index contributed by atoms with van der Waals surface area (Å²) in [6.07, 6.45) is -0.358. The lowest BCUT2D eigenvalue weighted by Gasteiger charge is -2.28. The van der Waals surface area contributed by atoms with Gasteiger partial charge in [-0.1, -0.05) is 29.8 Å². The second kappa shape index (κ2) is 8.27. The van der Waals surface area contributed by atoms with Gasteiger partial charge in [-0.3, -0.25) is 4.79 Å². The normalized spacial score (nSPS) is 19.7. The number of nitrogens with one attached hydrogen (secondary N) is 1. The summed E-state index contributed by atoms with van der Waals surface area (Å²) in [6.45, 7) is 7.05. The summed E-state index contributed by atoms with van der Waals surface area (Å²) in [5, 5.41) is 13.6. The number of aliphatic hydroxyl groups is 1. The van der Waals surface area contributed by atoms with Crippen molar-refractivity contribution in [2.24, 2.45) is 0 Å². The number of hydrogen-bond donors (Lipinski definition) is 2. The zero-order chi connectivity index (χ0) is 15.9. The Morgan fingerprint density at radius 1 is 1.45 bits per heavy atom. The van der Waals surface area contributed by atoms with Crippen LogP contribution < -0.4 is 5.32 Å². The van der Waals surface area contributed by atoms with Crippen molar-refractivity contribution < 1.29 is 14.6 Å². The van der Waals surface area contributed by atoms with Crippen molar-refractivity contribution in [1.29, 1.82) is 0 Å². The van der Waals surface area contributed by atoms with E-state index in [1.165, 1.54) is 0 Å². The van der Waals surface area contributed by atoms with Gasteiger partial charge in [-0.15, -0.1) is 0 Å². The first-order valence-corrected chi connectivity index (χ1v) is 7.95. The summed E-state index contributed by atoms with van der Waals surface area (Å²) in [7, 11) is 0. The predicted octanol–water partition coefficient (Wildman–Crippen LogP) is 1.26. The fraction of sp³-hybridized carbons (Fsp3) is 0.588. The fourth-order valence-electron chi connectivity index (χ4n) is 2.58. The lowest BCUT2D eigenvalue weighted by molar-refractivity contribution is -0.136. The number of benzene rings is 1. The quantitative estimate of drug-likeness (QED) is 0.830. The predicted molar refractivity (Wildman–Crippen MR) is 85.6 cm³/mol. The SMILES string of the molecule is CCN(CC(O)c1ccc(C)cc1)C(=O)CC1CNCCO1. The lowest BCUT2D eigenvalue weighted by Crippen LogP contribution is -2.43. The van der Waals surface area contributed by atoms with E-state index < -0.39 is 6.10 Å². The van der Waals surface area contributed by atoms with Gasteiger partial charge in [0.2, 0.25) is 5.91 Å². The molecular formula is C17H26N2O3. The van der Waals surface area contributed by atoms with E-state index in [0.29, 0.717) is 32.7 Å². The van der Waals surface area contributed by atoms with Gasteiger partial charge in [0.15, 0.2) is 0 Å². The van der Waals surface area contributed by atoms with E-state index in [-0.39, 0.29) is 12.0 Å². The molecule has 0 aromatic heterocycles. The summed E-state index contributed by atoms with van der Waals surface area (Å²) < 4.78 is 5.57. The third-order valence-corrected chi connectivity index (χ3v) is 4.00. The molecule has 0 radical (unpaired) electrons. The number of carbonyl (C=O) groups excluding carboxylic acids is 1. The molecule has 0 bridgehead atoms. The number of nitrogens with zero attached hydrogens (tertiary/aromatic N) is 1. The molecule has 2 unspecified atom stereocenters. The van der Waals surface area contributed by atoms with Crippen LogP contribution in [-0.4, -0.2) is 54.8 Å². The fourth-order valence-corrected chi connectivity index (χ4v) is 2.58. The number of ether oxygens (including phenoxy) is 1. The molecule has 122 valence electrons. The topological polar surface area (TPSA) is 61.8 Å². The van der Waals surface area contributed by atoms with Crippen LogP contribution in [0.15, 0.2) is 24.3 Å². The Labute approximate surface area is 132 Å². The molecule has 1 aromatic carbocycles. The summed E-state index contributed by atoms with van der Waals surface area (Å²) >= 11 is 0. The van der Waals surface area contributed by atoms with Gasteiger partial charge in [-0.2, -0.15) is 0 Å². The molecule has 2 atom stereocenters. The van der Waals surface area contributed by atoms with E-state index >= 15 is 0 Å². The highest BCUT2D eigenvalue weighted by Gasteiger charge is 2.22. The van der Waals surface area contributed by atoms with Crippen LogP contribution in [0.3, 0.4) is 0 Å². The Morgan fingerprint density at radius 3 is 2.77 bits per heavy atom. The van der Waals surface area contributed by atoms with Gasteiger partial charge < -0.3 is 20.1 Å². The van der Waals surface area contributed by atoms with Crippen molar-refractivity contribution in [2.45, 2.75) is 32.5 Å². The second-order valence-electron chi connectivity index (χ2n) is 5.76. The Hall–Kier alpha value is -1.43. The van der Waals surface area contributed by atoms with Gasteiger partial charge in [0, 0.05) is 19.6 Å². The van der Waals surface area contributed by atoms with Gasteiger partial charge in [0.05, 0.1) is 31.8 Å². The number of carbonyl (C=O) groups is 1. The third-order valence-electron chi connectivity index (χ3n) is 4.00. The van der Waals surface area contributed by atoms with Crippen molar-refractivity contribution in [2.75, 3.05) is 32.8 Å². The van der Waals surface area contributed by atoms with Crippen LogP contribution in [0.1, 0.15) is 30.6 Å². The maximum Gasteiger partial charge on any atom is 0.225 e. The van der Waals surface area contributed by atoms with Crippen LogP contribution in [-0.2, 0) is 9.53 Å². The molecule has 5 nitrogen and oxygen atoms in total. The standard InChI is InChI=1S/C17H26N2O3/c1-3-19(17(21)10-15-11-18-8-9-22-15)12-16(20)14-6-4-13(2)5-7-14/h4-7,15-16,18,20H,3,8-12H2,1-2H3. The molecule has 2 rings (SSSR count). The highest BCUT2D eigenvalue weighted by atomic mass is 16.5. The molecule has 1 heterocycles. The number of aryl methyl sites for hydroxylation is 1. The number of morpholine rings is 1. The van der Waals surface area contributed by atoms with Crippen LogP contribution in [0, 0.1) is 6.92 Å². The summed E-state index contributed by atoms with van der Waals surface area (Å²) in [5.74, 6) is 0.0300. The minimum atomic E-state index is -0.658. The molecule has 0 aliphatic carbocycles. The van der Waals surface area contributed by atoms with Gasteiger partial charge in [0.25, 0.3) is 0 Å². The van der Waals surface area contributed by atoms with Crippen molar-refractivity contribution in [3.05, 3.63) is 35.4 Å². The second-order valence-corrected chi connectivity index (χ2v) is 5.76. The van der Waals surface area contributed by atoms with E-state index in [0.717, 1.165) is 17.7 Å². The summed E-state index contributed by atoms with van der Waals surface area (Å²) in [6, 6.07) is 7.76. The van der Waals surface area contributed by atoms with Gasteiger partial charge in [-0.25, -0.2) is 0 Å². The van der Waals surface area contributed by atoms with Crippen LogP contribution in [0.5, 0.6) is 0 Å². The Balaban J connectivity index is 1.89. The van der Waals surface area contributed by atoms with Crippen molar-refractivity contribution in [3.8, 4) is 0 Å². The molecule has 22 heavy (non-hydrogen) atoms. The highest BCUT2D eigenvalue weighted by molar-refractivity contribution is 5.76. The van der Waals surface area contributed by atoms with Crippen LogP contribution in [0.2, 0.25) is 0 Å². The molecule has 0 spiro atoms. The van der Waals surface area contributed by atoms with E-state index in [1.807, 2.05) is 38.1 Å². The Morgan fingerprint density at radius 2 is 2.18 bits per heavy atom. The molecule has 1 amide bonds. The Bertz CT molecular complexity index is 469. The average Bonchev–Trinajstić information content (AvgIpc) is 2.53. The van der Waals surface area contributed by atoms with E-state index in [4.69, 9.17) is 4.74 Å². The molecule has 0 saturated carbocycles. The molecule has 2 N–H and O–H groups in total. The molecule has 5 heteroatoms. The van der Waals surface area contributed by atoms with E-state index in [2.05, 4.69) is 5.32 Å². The maximum atomic E-state index is 12.4. The summed E-state index contributed by atoms with van der Waals surface area (Å²) in [5.41, 5.74) is 1.99. The Kier molecular flexibility index (Phi) is 6.36. The minimum absolute atomic E-state index is 0.0300. The summed E-state index contributed by atoms with van der Waals surface area (Å²) in [4.78, 5) is 14.1. The van der Waals surface area contributed by atoms with Gasteiger partial charge >= 0.3 is 0 Å². The minimum Gasteiger partial charge on any atom is -0.387 e. The first-order valence-electron chi connectivity index (χ1n) is 7.95. The van der Waals surface area contributed by atoms with Crippen LogP contribution >= 0.6 is 0 Å². The first-order chi connectivity index (χ1) is 10.6. The molecule has 1 aromatic rings. The van der Waals surface area contributed by atoms with Crippen molar-refractivity contribution >= 4 is 5.91 Å². The molecule has 1 saturated heterocycles. The number of hydrogen-bond acceptors (Lipinski definition) is 4. The molecule has 1 aliphatic heterocycles. The zero-order valence-electron chi connectivity index (χ0n) is 13.4. The number of likely N-dealkylation sites (N-methyl/N-ethyl adjacent to an activating group) is 1. The lowest BCUT2D eigenvalue weighted by atomic mass is 10.1.